The van der Waals surface area contributed by atoms with Crippen LogP contribution in [0.2, 0.25) is 0 Å². The Hall–Kier alpha value is -0.910. The van der Waals surface area contributed by atoms with Crippen LogP contribution in [0.3, 0.4) is 0 Å². The van der Waals surface area contributed by atoms with Crippen LogP contribution in [0.1, 0.15) is 10.4 Å². The monoisotopic (exact) mass is 200 g/mol. The summed E-state index contributed by atoms with van der Waals surface area (Å²) in [6.07, 6.45) is 0. The summed E-state index contributed by atoms with van der Waals surface area (Å²) in [5.74, 6) is 4.57. The van der Waals surface area contributed by atoms with Gasteiger partial charge < -0.3 is 4.74 Å². The second kappa shape index (κ2) is 4.96. The van der Waals surface area contributed by atoms with E-state index in [0.717, 1.165) is 4.88 Å². The minimum Gasteiger partial charge on any atom is -0.366 e. The highest BCUT2D eigenvalue weighted by Crippen LogP contribution is 2.15. The van der Waals surface area contributed by atoms with E-state index in [1.807, 2.05) is 23.8 Å². The average Bonchev–Trinajstić information content (AvgIpc) is 2.52. The first-order valence-corrected chi connectivity index (χ1v) is 4.72. The standard InChI is InChI=1S/C8H12N2O2S/c1-6-2-3-13-7(6)4-12-5-8(11)10-9/h2-3H,4-5,9H2,1H3,(H,10,11). The average molecular weight is 200 g/mol. The van der Waals surface area contributed by atoms with Gasteiger partial charge in [0.2, 0.25) is 0 Å². The maximum Gasteiger partial charge on any atom is 0.259 e. The number of amides is 1. The molecular formula is C8H12N2O2S. The Balaban J connectivity index is 2.28. The Bertz CT molecular complexity index is 285. The molecule has 4 nitrogen and oxygen atoms in total. The molecule has 1 aromatic rings. The van der Waals surface area contributed by atoms with Crippen LogP contribution < -0.4 is 11.3 Å². The van der Waals surface area contributed by atoms with Crippen molar-refractivity contribution < 1.29 is 9.53 Å². The summed E-state index contributed by atoms with van der Waals surface area (Å²) in [4.78, 5) is 11.8. The highest BCUT2D eigenvalue weighted by molar-refractivity contribution is 7.10. The van der Waals surface area contributed by atoms with E-state index in [9.17, 15) is 4.79 Å². The summed E-state index contributed by atoms with van der Waals surface area (Å²) >= 11 is 1.62. The van der Waals surface area contributed by atoms with Crippen molar-refractivity contribution in [1.82, 2.24) is 5.43 Å². The molecule has 0 radical (unpaired) electrons. The van der Waals surface area contributed by atoms with Gasteiger partial charge in [-0.15, -0.1) is 11.3 Å². The molecule has 0 aromatic carbocycles. The van der Waals surface area contributed by atoms with Gasteiger partial charge in [-0.1, -0.05) is 0 Å². The van der Waals surface area contributed by atoms with Crippen molar-refractivity contribution in [3.8, 4) is 0 Å². The van der Waals surface area contributed by atoms with E-state index in [2.05, 4.69) is 0 Å². The summed E-state index contributed by atoms with van der Waals surface area (Å²) in [7, 11) is 0. The van der Waals surface area contributed by atoms with Crippen LogP contribution in [0.5, 0.6) is 0 Å². The van der Waals surface area contributed by atoms with Gasteiger partial charge in [-0.25, -0.2) is 5.84 Å². The molecule has 0 aliphatic carbocycles. The lowest BCUT2D eigenvalue weighted by atomic mass is 10.3. The van der Waals surface area contributed by atoms with Crippen molar-refractivity contribution in [2.45, 2.75) is 13.5 Å². The molecule has 0 fully saturated rings. The Morgan fingerprint density at radius 2 is 2.54 bits per heavy atom. The van der Waals surface area contributed by atoms with Crippen LogP contribution >= 0.6 is 11.3 Å². The number of hydrazine groups is 1. The molecule has 0 unspecified atom stereocenters. The molecular weight excluding hydrogens is 188 g/mol. The first-order valence-electron chi connectivity index (χ1n) is 3.84. The van der Waals surface area contributed by atoms with Crippen LogP contribution in [0.4, 0.5) is 0 Å². The van der Waals surface area contributed by atoms with Crippen molar-refractivity contribution in [1.29, 1.82) is 0 Å². The SMILES string of the molecule is Cc1ccsc1COCC(=O)NN. The third kappa shape index (κ3) is 3.14. The second-order valence-electron chi connectivity index (χ2n) is 2.59. The predicted molar refractivity (Wildman–Crippen MR) is 51.0 cm³/mol. The maximum atomic E-state index is 10.7. The smallest absolute Gasteiger partial charge is 0.259 e. The van der Waals surface area contributed by atoms with E-state index in [1.54, 1.807) is 11.3 Å². The zero-order chi connectivity index (χ0) is 9.68. The third-order valence-corrected chi connectivity index (χ3v) is 2.59. The number of nitrogens with one attached hydrogen (secondary N) is 1. The highest BCUT2D eigenvalue weighted by atomic mass is 32.1. The Kier molecular flexibility index (Phi) is 3.88. The Labute approximate surface area is 80.7 Å². The molecule has 1 heterocycles. The van der Waals surface area contributed by atoms with Gasteiger partial charge in [0.15, 0.2) is 0 Å². The molecule has 5 heteroatoms. The summed E-state index contributed by atoms with van der Waals surface area (Å²) in [6.45, 7) is 2.49. The zero-order valence-electron chi connectivity index (χ0n) is 7.37. The molecule has 0 aliphatic heterocycles. The number of aryl methyl sites for hydroxylation is 1. The minimum atomic E-state index is -0.311. The lowest BCUT2D eigenvalue weighted by Crippen LogP contribution is -2.33. The summed E-state index contributed by atoms with van der Waals surface area (Å²) < 4.78 is 5.13. The second-order valence-corrected chi connectivity index (χ2v) is 3.59. The van der Waals surface area contributed by atoms with Gasteiger partial charge in [-0.05, 0) is 23.9 Å². The van der Waals surface area contributed by atoms with Gasteiger partial charge >= 0.3 is 0 Å². The summed E-state index contributed by atoms with van der Waals surface area (Å²) in [5.41, 5.74) is 3.19. The Morgan fingerprint density at radius 3 is 3.08 bits per heavy atom. The van der Waals surface area contributed by atoms with Crippen LogP contribution in [0, 0.1) is 6.92 Å². The van der Waals surface area contributed by atoms with Gasteiger partial charge in [0.05, 0.1) is 6.61 Å². The van der Waals surface area contributed by atoms with E-state index >= 15 is 0 Å². The first kappa shape index (κ1) is 10.2. The molecule has 13 heavy (non-hydrogen) atoms. The molecule has 0 atom stereocenters. The highest BCUT2D eigenvalue weighted by Gasteiger charge is 2.01. The van der Waals surface area contributed by atoms with Crippen LogP contribution in [0.15, 0.2) is 11.4 Å². The number of hydrogen-bond acceptors (Lipinski definition) is 4. The summed E-state index contributed by atoms with van der Waals surface area (Å²) in [6, 6.07) is 2.02. The third-order valence-electron chi connectivity index (χ3n) is 1.60. The molecule has 0 spiro atoms. The van der Waals surface area contributed by atoms with Crippen molar-refractivity contribution >= 4 is 17.2 Å². The van der Waals surface area contributed by atoms with Gasteiger partial charge in [0.25, 0.3) is 5.91 Å². The normalized spacial score (nSPS) is 10.0. The van der Waals surface area contributed by atoms with E-state index < -0.39 is 0 Å². The molecule has 1 aromatic heterocycles. The number of carbonyl (C=O) groups is 1. The van der Waals surface area contributed by atoms with Crippen molar-refractivity contribution in [3.63, 3.8) is 0 Å². The van der Waals surface area contributed by atoms with Gasteiger partial charge in [-0.2, -0.15) is 0 Å². The number of thiophene rings is 1. The number of carbonyl (C=O) groups excluding carboxylic acids is 1. The predicted octanol–water partition coefficient (Wildman–Crippen LogP) is 0.563. The van der Waals surface area contributed by atoms with Crippen molar-refractivity contribution in [3.05, 3.63) is 21.9 Å². The fourth-order valence-corrected chi connectivity index (χ4v) is 1.67. The van der Waals surface area contributed by atoms with E-state index in [0.29, 0.717) is 6.61 Å². The number of nitrogens with two attached hydrogens (primary N) is 1. The fraction of sp³-hybridized carbons (Fsp3) is 0.375. The summed E-state index contributed by atoms with van der Waals surface area (Å²) in [5, 5.41) is 2.00. The topological polar surface area (TPSA) is 64.3 Å². The largest absolute Gasteiger partial charge is 0.366 e. The molecule has 0 aliphatic rings. The minimum absolute atomic E-state index is 0.00778. The lowest BCUT2D eigenvalue weighted by molar-refractivity contribution is -0.126. The fourth-order valence-electron chi connectivity index (χ4n) is 0.830. The molecule has 0 saturated heterocycles. The van der Waals surface area contributed by atoms with Crippen LogP contribution in [0.25, 0.3) is 0 Å². The molecule has 0 saturated carbocycles. The quantitative estimate of drug-likeness (QED) is 0.424. The van der Waals surface area contributed by atoms with Crippen LogP contribution in [-0.4, -0.2) is 12.5 Å². The van der Waals surface area contributed by atoms with Crippen LogP contribution in [-0.2, 0) is 16.1 Å². The number of hydrogen-bond donors (Lipinski definition) is 2. The molecule has 72 valence electrons. The number of ether oxygens (including phenoxy) is 1. The van der Waals surface area contributed by atoms with E-state index in [-0.39, 0.29) is 12.5 Å². The van der Waals surface area contributed by atoms with Gasteiger partial charge in [0.1, 0.15) is 6.61 Å². The van der Waals surface area contributed by atoms with E-state index in [4.69, 9.17) is 10.6 Å². The van der Waals surface area contributed by atoms with Crippen molar-refractivity contribution in [2.24, 2.45) is 5.84 Å². The Morgan fingerprint density at radius 1 is 1.77 bits per heavy atom. The first-order chi connectivity index (χ1) is 6.24. The molecule has 1 amide bonds. The zero-order valence-corrected chi connectivity index (χ0v) is 8.19. The molecule has 0 bridgehead atoms. The maximum absolute atomic E-state index is 10.7. The van der Waals surface area contributed by atoms with Crippen molar-refractivity contribution in [2.75, 3.05) is 6.61 Å². The van der Waals surface area contributed by atoms with Gasteiger partial charge in [-0.3, -0.25) is 10.2 Å². The number of rotatable bonds is 4. The molecule has 1 rings (SSSR count). The van der Waals surface area contributed by atoms with Gasteiger partial charge in [0, 0.05) is 4.88 Å². The lowest BCUT2D eigenvalue weighted by Gasteiger charge is -2.01. The molecule has 3 N–H and O–H groups in total. The van der Waals surface area contributed by atoms with E-state index in [1.165, 1.54) is 5.56 Å².